The maximum atomic E-state index is 5.56. The minimum atomic E-state index is 0.808. The largest absolute Gasteiger partial charge is 0.330 e. The first-order chi connectivity index (χ1) is 6.88. The van der Waals surface area contributed by atoms with Gasteiger partial charge in [0, 0.05) is 6.04 Å². The van der Waals surface area contributed by atoms with Crippen molar-refractivity contribution < 1.29 is 0 Å². The van der Waals surface area contributed by atoms with Gasteiger partial charge >= 0.3 is 0 Å². The maximum Gasteiger partial charge on any atom is 0.0119 e. The second-order valence-electron chi connectivity index (χ2n) is 4.16. The average Bonchev–Trinajstić information content (AvgIpc) is 2.25. The molecule has 0 bridgehead atoms. The van der Waals surface area contributed by atoms with Crippen LogP contribution in [0.5, 0.6) is 0 Å². The molecule has 14 heavy (non-hydrogen) atoms. The SMILES string of the molecule is CCCN(CCCN)C1CCNCC1. The van der Waals surface area contributed by atoms with Gasteiger partial charge in [-0.25, -0.2) is 0 Å². The van der Waals surface area contributed by atoms with Crippen LogP contribution in [0.1, 0.15) is 32.6 Å². The van der Waals surface area contributed by atoms with Gasteiger partial charge in [-0.3, -0.25) is 0 Å². The van der Waals surface area contributed by atoms with Gasteiger partial charge in [-0.1, -0.05) is 6.92 Å². The Morgan fingerprint density at radius 3 is 2.57 bits per heavy atom. The normalized spacial score (nSPS) is 19.1. The number of hydrogen-bond donors (Lipinski definition) is 2. The van der Waals surface area contributed by atoms with Crippen molar-refractivity contribution in [1.82, 2.24) is 10.2 Å². The van der Waals surface area contributed by atoms with Gasteiger partial charge in [-0.05, 0) is 58.4 Å². The van der Waals surface area contributed by atoms with Crippen LogP contribution in [0.25, 0.3) is 0 Å². The van der Waals surface area contributed by atoms with Crippen molar-refractivity contribution in [3.8, 4) is 0 Å². The van der Waals surface area contributed by atoms with Gasteiger partial charge in [-0.2, -0.15) is 0 Å². The van der Waals surface area contributed by atoms with E-state index in [1.165, 1.54) is 45.4 Å². The lowest BCUT2D eigenvalue weighted by molar-refractivity contribution is 0.161. The monoisotopic (exact) mass is 199 g/mol. The zero-order chi connectivity index (χ0) is 10.2. The molecule has 0 saturated carbocycles. The summed E-state index contributed by atoms with van der Waals surface area (Å²) in [6.45, 7) is 7.89. The minimum absolute atomic E-state index is 0.808. The lowest BCUT2D eigenvalue weighted by atomic mass is 10.0. The Morgan fingerprint density at radius 1 is 1.29 bits per heavy atom. The van der Waals surface area contributed by atoms with Crippen LogP contribution in [0.15, 0.2) is 0 Å². The van der Waals surface area contributed by atoms with Crippen molar-refractivity contribution in [1.29, 1.82) is 0 Å². The molecule has 0 spiro atoms. The summed E-state index contributed by atoms with van der Waals surface area (Å²) in [6, 6.07) is 0.808. The van der Waals surface area contributed by atoms with Crippen molar-refractivity contribution >= 4 is 0 Å². The molecule has 3 N–H and O–H groups in total. The Labute approximate surface area is 88.0 Å². The molecule has 0 aliphatic carbocycles. The second-order valence-corrected chi connectivity index (χ2v) is 4.16. The molecule has 1 aliphatic heterocycles. The van der Waals surface area contributed by atoms with Crippen LogP contribution in [0.2, 0.25) is 0 Å². The van der Waals surface area contributed by atoms with Crippen LogP contribution in [0.4, 0.5) is 0 Å². The highest BCUT2D eigenvalue weighted by molar-refractivity contribution is 4.77. The van der Waals surface area contributed by atoms with Crippen molar-refractivity contribution in [3.63, 3.8) is 0 Å². The number of piperidine rings is 1. The Balaban J connectivity index is 2.30. The standard InChI is InChI=1S/C11H25N3/c1-2-9-14(10-3-6-12)11-4-7-13-8-5-11/h11,13H,2-10,12H2,1H3. The summed E-state index contributed by atoms with van der Waals surface area (Å²) in [7, 11) is 0. The Bertz CT molecular complexity index is 132. The predicted octanol–water partition coefficient (Wildman–Crippen LogP) is 0.799. The van der Waals surface area contributed by atoms with E-state index in [9.17, 15) is 0 Å². The molecule has 0 radical (unpaired) electrons. The van der Waals surface area contributed by atoms with E-state index >= 15 is 0 Å². The zero-order valence-corrected chi connectivity index (χ0v) is 9.47. The molecule has 3 heteroatoms. The fraction of sp³-hybridized carbons (Fsp3) is 1.00. The van der Waals surface area contributed by atoms with Crippen molar-refractivity contribution in [2.45, 2.75) is 38.6 Å². The van der Waals surface area contributed by atoms with E-state index < -0.39 is 0 Å². The first-order valence-corrected chi connectivity index (χ1v) is 6.03. The van der Waals surface area contributed by atoms with Gasteiger partial charge in [0.05, 0.1) is 0 Å². The number of rotatable bonds is 6. The highest BCUT2D eigenvalue weighted by Crippen LogP contribution is 2.12. The van der Waals surface area contributed by atoms with Crippen LogP contribution in [0.3, 0.4) is 0 Å². The van der Waals surface area contributed by atoms with Gasteiger partial charge in [0.1, 0.15) is 0 Å². The Hall–Kier alpha value is -0.120. The van der Waals surface area contributed by atoms with Crippen LogP contribution in [0, 0.1) is 0 Å². The topological polar surface area (TPSA) is 41.3 Å². The highest BCUT2D eigenvalue weighted by atomic mass is 15.2. The Morgan fingerprint density at radius 2 is 2.00 bits per heavy atom. The molecule has 1 heterocycles. The number of nitrogens with one attached hydrogen (secondary N) is 1. The van der Waals surface area contributed by atoms with Gasteiger partial charge in [-0.15, -0.1) is 0 Å². The molecule has 0 aromatic rings. The molecule has 84 valence electrons. The van der Waals surface area contributed by atoms with Crippen molar-refractivity contribution in [3.05, 3.63) is 0 Å². The number of hydrogen-bond acceptors (Lipinski definition) is 3. The summed E-state index contributed by atoms with van der Waals surface area (Å²) >= 11 is 0. The average molecular weight is 199 g/mol. The molecule has 0 unspecified atom stereocenters. The maximum absolute atomic E-state index is 5.56. The van der Waals surface area contributed by atoms with Gasteiger partial charge < -0.3 is 16.0 Å². The molecule has 3 nitrogen and oxygen atoms in total. The fourth-order valence-corrected chi connectivity index (χ4v) is 2.23. The van der Waals surface area contributed by atoms with Gasteiger partial charge in [0.25, 0.3) is 0 Å². The molecule has 1 saturated heterocycles. The van der Waals surface area contributed by atoms with Crippen molar-refractivity contribution in [2.75, 3.05) is 32.7 Å². The summed E-state index contributed by atoms with van der Waals surface area (Å²) < 4.78 is 0. The molecular formula is C11H25N3. The fourth-order valence-electron chi connectivity index (χ4n) is 2.23. The molecule has 0 aromatic carbocycles. The lowest BCUT2D eigenvalue weighted by Gasteiger charge is -2.34. The first-order valence-electron chi connectivity index (χ1n) is 6.03. The van der Waals surface area contributed by atoms with E-state index in [1.807, 2.05) is 0 Å². The van der Waals surface area contributed by atoms with Crippen LogP contribution >= 0.6 is 0 Å². The van der Waals surface area contributed by atoms with E-state index in [0.717, 1.165) is 19.0 Å². The second kappa shape index (κ2) is 7.21. The summed E-state index contributed by atoms with van der Waals surface area (Å²) in [5.74, 6) is 0. The third-order valence-electron chi connectivity index (χ3n) is 2.99. The quantitative estimate of drug-likeness (QED) is 0.665. The summed E-state index contributed by atoms with van der Waals surface area (Å²) in [6.07, 6.45) is 5.02. The molecule has 1 rings (SSSR count). The van der Waals surface area contributed by atoms with Crippen molar-refractivity contribution in [2.24, 2.45) is 5.73 Å². The number of nitrogens with zero attached hydrogens (tertiary/aromatic N) is 1. The first kappa shape index (κ1) is 12.0. The molecular weight excluding hydrogens is 174 g/mol. The minimum Gasteiger partial charge on any atom is -0.330 e. The number of nitrogens with two attached hydrogens (primary N) is 1. The van der Waals surface area contributed by atoms with E-state index in [2.05, 4.69) is 17.1 Å². The third-order valence-corrected chi connectivity index (χ3v) is 2.99. The molecule has 0 amide bonds. The lowest BCUT2D eigenvalue weighted by Crippen LogP contribution is -2.44. The predicted molar refractivity (Wildman–Crippen MR) is 61.4 cm³/mol. The summed E-state index contributed by atoms with van der Waals surface area (Å²) in [5, 5.41) is 3.42. The van der Waals surface area contributed by atoms with Gasteiger partial charge in [0.15, 0.2) is 0 Å². The van der Waals surface area contributed by atoms with E-state index in [0.29, 0.717) is 0 Å². The summed E-state index contributed by atoms with van der Waals surface area (Å²) in [4.78, 5) is 2.63. The highest BCUT2D eigenvalue weighted by Gasteiger charge is 2.19. The van der Waals surface area contributed by atoms with Crippen LogP contribution < -0.4 is 11.1 Å². The molecule has 1 fully saturated rings. The molecule has 1 aliphatic rings. The Kier molecular flexibility index (Phi) is 6.15. The zero-order valence-electron chi connectivity index (χ0n) is 9.47. The third kappa shape index (κ3) is 3.95. The van der Waals surface area contributed by atoms with E-state index in [1.54, 1.807) is 0 Å². The van der Waals surface area contributed by atoms with Gasteiger partial charge in [0.2, 0.25) is 0 Å². The van der Waals surface area contributed by atoms with Crippen LogP contribution in [-0.4, -0.2) is 43.7 Å². The smallest absolute Gasteiger partial charge is 0.0119 e. The summed E-state index contributed by atoms with van der Waals surface area (Å²) in [5.41, 5.74) is 5.56. The van der Waals surface area contributed by atoms with Crippen LogP contribution in [-0.2, 0) is 0 Å². The molecule has 0 atom stereocenters. The van der Waals surface area contributed by atoms with E-state index in [-0.39, 0.29) is 0 Å². The molecule has 0 aromatic heterocycles. The van der Waals surface area contributed by atoms with E-state index in [4.69, 9.17) is 5.73 Å².